The van der Waals surface area contributed by atoms with Gasteiger partial charge in [-0.2, -0.15) is 0 Å². The van der Waals surface area contributed by atoms with Crippen LogP contribution in [0.15, 0.2) is 164 Å². The highest BCUT2D eigenvalue weighted by Gasteiger charge is 2.14. The second kappa shape index (κ2) is 11.4. The summed E-state index contributed by atoms with van der Waals surface area (Å²) in [5, 5.41) is 6.65. The summed E-state index contributed by atoms with van der Waals surface area (Å²) in [6, 6.07) is 50.8. The van der Waals surface area contributed by atoms with Crippen LogP contribution in [0.4, 0.5) is 0 Å². The van der Waals surface area contributed by atoms with Crippen molar-refractivity contribution in [3.05, 3.63) is 164 Å². The molecule has 0 aliphatic heterocycles. The molecular formula is C45H27N5. The zero-order valence-electron chi connectivity index (χ0n) is 26.8. The van der Waals surface area contributed by atoms with E-state index in [2.05, 4.69) is 137 Å². The zero-order chi connectivity index (χ0) is 33.0. The number of fused-ring (bicyclic) bond motifs is 6. The van der Waals surface area contributed by atoms with Crippen molar-refractivity contribution in [3.8, 4) is 44.9 Å². The van der Waals surface area contributed by atoms with Gasteiger partial charge >= 0.3 is 0 Å². The lowest BCUT2D eigenvalue weighted by molar-refractivity contribution is 1.31. The van der Waals surface area contributed by atoms with Gasteiger partial charge in [0.25, 0.3) is 0 Å². The molecule has 0 amide bonds. The summed E-state index contributed by atoms with van der Waals surface area (Å²) in [6.45, 7) is 0. The zero-order valence-corrected chi connectivity index (χ0v) is 26.8. The Kier molecular flexibility index (Phi) is 6.42. The van der Waals surface area contributed by atoms with Crippen LogP contribution in [-0.4, -0.2) is 24.9 Å². The molecule has 10 rings (SSSR count). The monoisotopic (exact) mass is 637 g/mol. The fourth-order valence-corrected chi connectivity index (χ4v) is 7.06. The van der Waals surface area contributed by atoms with E-state index in [1.54, 1.807) is 12.4 Å². The predicted octanol–water partition coefficient (Wildman–Crippen LogP) is 11.1. The van der Waals surface area contributed by atoms with E-state index in [0.717, 1.165) is 99.3 Å². The number of nitrogens with zero attached hydrogens (tertiary/aromatic N) is 5. The molecule has 0 atom stereocenters. The Morgan fingerprint density at radius 3 is 1.58 bits per heavy atom. The summed E-state index contributed by atoms with van der Waals surface area (Å²) in [7, 11) is 0. The van der Waals surface area contributed by atoms with Crippen LogP contribution in [0.2, 0.25) is 0 Å². The first-order valence-corrected chi connectivity index (χ1v) is 16.6. The molecule has 0 radical (unpaired) electrons. The molecule has 5 nitrogen and oxygen atoms in total. The quantitative estimate of drug-likeness (QED) is 0.180. The van der Waals surface area contributed by atoms with Crippen LogP contribution in [0.25, 0.3) is 99.3 Å². The van der Waals surface area contributed by atoms with Gasteiger partial charge in [-0.15, -0.1) is 0 Å². The second-order valence-corrected chi connectivity index (χ2v) is 12.6. The number of hydrogen-bond acceptors (Lipinski definition) is 5. The molecule has 232 valence electrons. The summed E-state index contributed by atoms with van der Waals surface area (Å²) in [6.07, 6.45) is 5.42. The molecule has 10 aromatic rings. The van der Waals surface area contributed by atoms with Crippen molar-refractivity contribution in [2.45, 2.75) is 0 Å². The molecule has 0 saturated carbocycles. The molecule has 0 spiro atoms. The highest BCUT2D eigenvalue weighted by molar-refractivity contribution is 6.07. The average Bonchev–Trinajstić information content (AvgIpc) is 3.19. The third-order valence-corrected chi connectivity index (χ3v) is 9.60. The summed E-state index contributed by atoms with van der Waals surface area (Å²) >= 11 is 0. The van der Waals surface area contributed by atoms with Gasteiger partial charge in [0.2, 0.25) is 0 Å². The Morgan fingerprint density at radius 1 is 0.340 bits per heavy atom. The van der Waals surface area contributed by atoms with E-state index < -0.39 is 0 Å². The van der Waals surface area contributed by atoms with E-state index in [4.69, 9.17) is 15.0 Å². The largest absolute Gasteiger partial charge is 0.265 e. The molecule has 0 unspecified atom stereocenters. The second-order valence-electron chi connectivity index (χ2n) is 12.6. The first-order valence-electron chi connectivity index (χ1n) is 16.6. The van der Waals surface area contributed by atoms with Gasteiger partial charge in [-0.25, -0.2) is 15.0 Å². The van der Waals surface area contributed by atoms with Crippen LogP contribution < -0.4 is 0 Å². The Labute approximate surface area is 287 Å². The van der Waals surface area contributed by atoms with E-state index in [1.165, 1.54) is 0 Å². The molecular weight excluding hydrogens is 611 g/mol. The van der Waals surface area contributed by atoms with Gasteiger partial charge in [0.15, 0.2) is 0 Å². The normalized spacial score (nSPS) is 11.6. The standard InChI is InChI=1S/C45H27N5/c1-2-6-36-35(5-1)37(14-15-38(36)43-19-9-30-8-7-29-4-3-23-47-44(29)45(30)50-43)42-20-13-34-27-32(11-17-41(34)49-42)31-10-16-40-33(26-31)12-18-39(48-40)28-21-24-46-25-22-28/h1-27H. The van der Waals surface area contributed by atoms with Crippen LogP contribution in [0.3, 0.4) is 0 Å². The van der Waals surface area contributed by atoms with Gasteiger partial charge in [-0.3, -0.25) is 9.97 Å². The first-order chi connectivity index (χ1) is 24.7. The maximum absolute atomic E-state index is 5.16. The summed E-state index contributed by atoms with van der Waals surface area (Å²) in [5.41, 5.74) is 12.1. The molecule has 0 N–H and O–H groups in total. The van der Waals surface area contributed by atoms with Crippen molar-refractivity contribution in [3.63, 3.8) is 0 Å². The van der Waals surface area contributed by atoms with E-state index in [0.29, 0.717) is 0 Å². The summed E-state index contributed by atoms with van der Waals surface area (Å²) < 4.78 is 0. The number of benzene rings is 5. The van der Waals surface area contributed by atoms with E-state index in [-0.39, 0.29) is 0 Å². The van der Waals surface area contributed by atoms with Gasteiger partial charge < -0.3 is 0 Å². The number of pyridine rings is 5. The molecule has 5 heterocycles. The maximum atomic E-state index is 5.16. The Morgan fingerprint density at radius 2 is 0.900 bits per heavy atom. The molecule has 5 heteroatoms. The van der Waals surface area contributed by atoms with Crippen molar-refractivity contribution < 1.29 is 0 Å². The Hall–Kier alpha value is -6.85. The van der Waals surface area contributed by atoms with Gasteiger partial charge in [0.1, 0.15) is 0 Å². The number of aromatic nitrogens is 5. The average molecular weight is 638 g/mol. The maximum Gasteiger partial charge on any atom is 0.0972 e. The minimum Gasteiger partial charge on any atom is -0.265 e. The van der Waals surface area contributed by atoms with Crippen molar-refractivity contribution >= 4 is 54.4 Å². The fourth-order valence-electron chi connectivity index (χ4n) is 7.06. The molecule has 0 saturated heterocycles. The van der Waals surface area contributed by atoms with Crippen LogP contribution in [0.5, 0.6) is 0 Å². The fraction of sp³-hybridized carbons (Fsp3) is 0. The predicted molar refractivity (Wildman–Crippen MR) is 205 cm³/mol. The Balaban J connectivity index is 1.01. The van der Waals surface area contributed by atoms with Crippen LogP contribution in [0.1, 0.15) is 0 Å². The van der Waals surface area contributed by atoms with Gasteiger partial charge in [0.05, 0.1) is 39.1 Å². The molecule has 0 fully saturated rings. The van der Waals surface area contributed by atoms with Crippen molar-refractivity contribution in [1.29, 1.82) is 0 Å². The molecule has 0 aliphatic rings. The molecule has 0 bridgehead atoms. The van der Waals surface area contributed by atoms with Crippen LogP contribution in [0, 0.1) is 0 Å². The lowest BCUT2D eigenvalue weighted by Gasteiger charge is -2.13. The topological polar surface area (TPSA) is 64.5 Å². The van der Waals surface area contributed by atoms with Crippen LogP contribution in [-0.2, 0) is 0 Å². The third-order valence-electron chi connectivity index (χ3n) is 9.60. The van der Waals surface area contributed by atoms with E-state index >= 15 is 0 Å². The van der Waals surface area contributed by atoms with Crippen LogP contribution >= 0.6 is 0 Å². The minimum atomic E-state index is 0.917. The van der Waals surface area contributed by atoms with Gasteiger partial charge in [-0.05, 0) is 82.6 Å². The molecule has 5 aromatic carbocycles. The van der Waals surface area contributed by atoms with Crippen molar-refractivity contribution in [2.24, 2.45) is 0 Å². The number of rotatable bonds is 4. The molecule has 50 heavy (non-hydrogen) atoms. The highest BCUT2D eigenvalue weighted by Crippen LogP contribution is 2.37. The SMILES string of the molecule is c1cnc2c(c1)ccc1ccc(-c3ccc(-c4ccc5cc(-c6ccc7nc(-c8ccncc8)ccc7c6)ccc5n4)c4ccccc34)nc12. The van der Waals surface area contributed by atoms with Crippen molar-refractivity contribution in [2.75, 3.05) is 0 Å². The van der Waals surface area contributed by atoms with Gasteiger partial charge in [-0.1, -0.05) is 84.9 Å². The van der Waals surface area contributed by atoms with E-state index in [9.17, 15) is 0 Å². The smallest absolute Gasteiger partial charge is 0.0972 e. The first kappa shape index (κ1) is 28.2. The summed E-state index contributed by atoms with van der Waals surface area (Å²) in [5.74, 6) is 0. The highest BCUT2D eigenvalue weighted by atomic mass is 14.8. The molecule has 5 aromatic heterocycles. The summed E-state index contributed by atoms with van der Waals surface area (Å²) in [4.78, 5) is 24.0. The lowest BCUT2D eigenvalue weighted by Crippen LogP contribution is -1.92. The Bertz CT molecular complexity index is 2940. The molecule has 0 aliphatic carbocycles. The van der Waals surface area contributed by atoms with Gasteiger partial charge in [0, 0.05) is 56.8 Å². The van der Waals surface area contributed by atoms with Crippen molar-refractivity contribution in [1.82, 2.24) is 24.9 Å². The van der Waals surface area contributed by atoms with E-state index in [1.807, 2.05) is 24.4 Å². The number of hydrogen-bond donors (Lipinski definition) is 0. The third kappa shape index (κ3) is 4.75. The minimum absolute atomic E-state index is 0.917. The lowest BCUT2D eigenvalue weighted by atomic mass is 9.95.